The van der Waals surface area contributed by atoms with E-state index in [2.05, 4.69) is 18.7 Å². The van der Waals surface area contributed by atoms with E-state index in [1.807, 2.05) is 6.07 Å². The number of hydrogen-bond donors (Lipinski definition) is 1. The van der Waals surface area contributed by atoms with Gasteiger partial charge in [-0.15, -0.1) is 0 Å². The van der Waals surface area contributed by atoms with Gasteiger partial charge in [0.2, 0.25) is 0 Å². The normalized spacial score (nSPS) is 13.2. The second-order valence-corrected chi connectivity index (χ2v) is 5.53. The standard InChI is InChI=1S/C16H27FN2O/c1-12(2)19(9-10-20-4)8-7-16(18)14-6-5-13(3)15(17)11-14/h5-6,11-12,16H,7-10,18H2,1-4H3. The van der Waals surface area contributed by atoms with Gasteiger partial charge in [0.05, 0.1) is 6.61 Å². The zero-order chi connectivity index (χ0) is 15.1. The molecule has 0 aromatic heterocycles. The molecule has 0 amide bonds. The van der Waals surface area contributed by atoms with E-state index in [0.717, 1.165) is 25.1 Å². The highest BCUT2D eigenvalue weighted by Gasteiger charge is 2.13. The zero-order valence-electron chi connectivity index (χ0n) is 13.0. The van der Waals surface area contributed by atoms with Crippen molar-refractivity contribution in [2.75, 3.05) is 26.8 Å². The van der Waals surface area contributed by atoms with Crippen molar-refractivity contribution in [2.24, 2.45) is 5.73 Å². The van der Waals surface area contributed by atoms with Crippen LogP contribution in [0, 0.1) is 12.7 Å². The van der Waals surface area contributed by atoms with E-state index in [-0.39, 0.29) is 11.9 Å². The average Bonchev–Trinajstić information content (AvgIpc) is 2.41. The molecule has 114 valence electrons. The zero-order valence-corrected chi connectivity index (χ0v) is 13.0. The topological polar surface area (TPSA) is 38.5 Å². The Labute approximate surface area is 121 Å². The van der Waals surface area contributed by atoms with Gasteiger partial charge in [-0.3, -0.25) is 4.90 Å². The molecule has 0 aliphatic carbocycles. The quantitative estimate of drug-likeness (QED) is 0.797. The molecule has 0 fully saturated rings. The number of rotatable bonds is 8. The Morgan fingerprint density at radius 2 is 2.00 bits per heavy atom. The summed E-state index contributed by atoms with van der Waals surface area (Å²) in [6, 6.07) is 5.57. The van der Waals surface area contributed by atoms with Crippen LogP contribution < -0.4 is 5.73 Å². The van der Waals surface area contributed by atoms with E-state index < -0.39 is 0 Å². The summed E-state index contributed by atoms with van der Waals surface area (Å²) in [6.07, 6.45) is 0.810. The number of aryl methyl sites for hydroxylation is 1. The molecular formula is C16H27FN2O. The van der Waals surface area contributed by atoms with Crippen LogP contribution in [-0.4, -0.2) is 37.7 Å². The van der Waals surface area contributed by atoms with E-state index in [1.54, 1.807) is 26.2 Å². The maximum absolute atomic E-state index is 13.6. The fraction of sp³-hybridized carbons (Fsp3) is 0.625. The molecule has 0 radical (unpaired) electrons. The molecule has 0 aliphatic heterocycles. The first kappa shape index (κ1) is 17.1. The van der Waals surface area contributed by atoms with Crippen LogP contribution in [0.4, 0.5) is 4.39 Å². The summed E-state index contributed by atoms with van der Waals surface area (Å²) in [5.74, 6) is -0.182. The number of ether oxygens (including phenoxy) is 1. The number of halogens is 1. The first-order valence-corrected chi connectivity index (χ1v) is 7.20. The minimum atomic E-state index is -0.182. The molecule has 2 N–H and O–H groups in total. The molecule has 1 rings (SSSR count). The average molecular weight is 282 g/mol. The van der Waals surface area contributed by atoms with Gasteiger partial charge in [-0.1, -0.05) is 12.1 Å². The van der Waals surface area contributed by atoms with Crippen LogP contribution >= 0.6 is 0 Å². The second-order valence-electron chi connectivity index (χ2n) is 5.53. The highest BCUT2D eigenvalue weighted by atomic mass is 19.1. The van der Waals surface area contributed by atoms with Crippen molar-refractivity contribution in [3.63, 3.8) is 0 Å². The van der Waals surface area contributed by atoms with E-state index in [1.165, 1.54) is 0 Å². The summed E-state index contributed by atoms with van der Waals surface area (Å²) in [5, 5.41) is 0. The molecule has 0 spiro atoms. The molecule has 1 unspecified atom stereocenters. The van der Waals surface area contributed by atoms with E-state index >= 15 is 0 Å². The second kappa shape index (κ2) is 8.35. The van der Waals surface area contributed by atoms with E-state index in [0.29, 0.717) is 18.2 Å². The first-order chi connectivity index (χ1) is 9.45. The molecule has 0 heterocycles. The lowest BCUT2D eigenvalue weighted by Gasteiger charge is -2.27. The smallest absolute Gasteiger partial charge is 0.126 e. The van der Waals surface area contributed by atoms with Gasteiger partial charge >= 0.3 is 0 Å². The Hall–Kier alpha value is -0.970. The molecule has 0 bridgehead atoms. The number of nitrogens with zero attached hydrogens (tertiary/aromatic N) is 1. The van der Waals surface area contributed by atoms with Gasteiger partial charge in [-0.25, -0.2) is 4.39 Å². The fourth-order valence-electron chi connectivity index (χ4n) is 2.15. The highest BCUT2D eigenvalue weighted by molar-refractivity contribution is 5.25. The van der Waals surface area contributed by atoms with Gasteiger partial charge in [0.1, 0.15) is 5.82 Å². The number of benzene rings is 1. The third-order valence-corrected chi connectivity index (χ3v) is 3.66. The van der Waals surface area contributed by atoms with Crippen LogP contribution in [0.5, 0.6) is 0 Å². The van der Waals surface area contributed by atoms with Crippen molar-refractivity contribution < 1.29 is 9.13 Å². The summed E-state index contributed by atoms with van der Waals surface area (Å²) in [7, 11) is 1.71. The van der Waals surface area contributed by atoms with Crippen molar-refractivity contribution in [1.82, 2.24) is 4.90 Å². The molecule has 1 aromatic carbocycles. The van der Waals surface area contributed by atoms with Crippen LogP contribution in [0.2, 0.25) is 0 Å². The predicted octanol–water partition coefficient (Wildman–Crippen LogP) is 2.88. The number of methoxy groups -OCH3 is 1. The molecule has 4 heteroatoms. The minimum Gasteiger partial charge on any atom is -0.383 e. The summed E-state index contributed by atoms with van der Waals surface area (Å²) >= 11 is 0. The summed E-state index contributed by atoms with van der Waals surface area (Å²) in [6.45, 7) is 8.57. The molecule has 0 saturated carbocycles. The molecule has 1 atom stereocenters. The van der Waals surface area contributed by atoms with Crippen molar-refractivity contribution in [1.29, 1.82) is 0 Å². The van der Waals surface area contributed by atoms with Crippen LogP contribution in [-0.2, 0) is 4.74 Å². The number of nitrogens with two attached hydrogens (primary N) is 1. The Morgan fingerprint density at radius 1 is 1.30 bits per heavy atom. The fourth-order valence-corrected chi connectivity index (χ4v) is 2.15. The third-order valence-electron chi connectivity index (χ3n) is 3.66. The van der Waals surface area contributed by atoms with Crippen molar-refractivity contribution >= 4 is 0 Å². The molecule has 0 aliphatic rings. The monoisotopic (exact) mass is 282 g/mol. The summed E-state index contributed by atoms with van der Waals surface area (Å²) < 4.78 is 18.7. The molecular weight excluding hydrogens is 255 g/mol. The lowest BCUT2D eigenvalue weighted by Crippen LogP contribution is -2.36. The van der Waals surface area contributed by atoms with Crippen LogP contribution in [0.15, 0.2) is 18.2 Å². The Morgan fingerprint density at radius 3 is 2.55 bits per heavy atom. The highest BCUT2D eigenvalue weighted by Crippen LogP contribution is 2.18. The number of hydrogen-bond acceptors (Lipinski definition) is 3. The first-order valence-electron chi connectivity index (χ1n) is 7.20. The minimum absolute atomic E-state index is 0.131. The van der Waals surface area contributed by atoms with Gasteiger partial charge < -0.3 is 10.5 Å². The molecule has 20 heavy (non-hydrogen) atoms. The molecule has 1 aromatic rings. The van der Waals surface area contributed by atoms with E-state index in [9.17, 15) is 4.39 Å². The third kappa shape index (κ3) is 5.19. The van der Waals surface area contributed by atoms with Crippen molar-refractivity contribution in [2.45, 2.75) is 39.3 Å². The maximum atomic E-state index is 13.6. The SMILES string of the molecule is COCCN(CCC(N)c1ccc(C)c(F)c1)C(C)C. The van der Waals surface area contributed by atoms with Gasteiger partial charge in [-0.2, -0.15) is 0 Å². The Balaban J connectivity index is 2.55. The lowest BCUT2D eigenvalue weighted by molar-refractivity contribution is 0.127. The van der Waals surface area contributed by atoms with Crippen molar-refractivity contribution in [3.8, 4) is 0 Å². The predicted molar refractivity (Wildman–Crippen MR) is 81.3 cm³/mol. The van der Waals surface area contributed by atoms with Gasteiger partial charge in [-0.05, 0) is 44.4 Å². The van der Waals surface area contributed by atoms with E-state index in [4.69, 9.17) is 10.5 Å². The van der Waals surface area contributed by atoms with Crippen molar-refractivity contribution in [3.05, 3.63) is 35.1 Å². The largest absolute Gasteiger partial charge is 0.383 e. The van der Waals surface area contributed by atoms with Crippen LogP contribution in [0.25, 0.3) is 0 Å². The van der Waals surface area contributed by atoms with Gasteiger partial charge in [0.15, 0.2) is 0 Å². The van der Waals surface area contributed by atoms with Crippen LogP contribution in [0.3, 0.4) is 0 Å². The van der Waals surface area contributed by atoms with Gasteiger partial charge in [0.25, 0.3) is 0 Å². The van der Waals surface area contributed by atoms with Gasteiger partial charge in [0, 0.05) is 32.3 Å². The molecule has 3 nitrogen and oxygen atoms in total. The maximum Gasteiger partial charge on any atom is 0.126 e. The summed E-state index contributed by atoms with van der Waals surface area (Å²) in [5.41, 5.74) is 7.69. The van der Waals surface area contributed by atoms with Crippen LogP contribution in [0.1, 0.15) is 37.4 Å². The lowest BCUT2D eigenvalue weighted by atomic mass is 10.0. The molecule has 0 saturated heterocycles. The summed E-state index contributed by atoms with van der Waals surface area (Å²) in [4.78, 5) is 2.33. The Kier molecular flexibility index (Phi) is 7.13. The Bertz CT molecular complexity index is 409.